The lowest BCUT2D eigenvalue weighted by Crippen LogP contribution is -2.27. The van der Waals surface area contributed by atoms with Crippen molar-refractivity contribution in [1.82, 2.24) is 5.32 Å². The smallest absolute Gasteiger partial charge is 0.257 e. The first-order valence-electron chi connectivity index (χ1n) is 9.15. The number of nitrogens with one attached hydrogen (secondary N) is 2. The van der Waals surface area contributed by atoms with Gasteiger partial charge in [-0.05, 0) is 48.3 Å². The normalized spacial score (nSPS) is 16.6. The van der Waals surface area contributed by atoms with Crippen LogP contribution in [-0.4, -0.2) is 18.9 Å². The molecule has 0 spiro atoms. The van der Waals surface area contributed by atoms with Gasteiger partial charge in [0.15, 0.2) is 0 Å². The van der Waals surface area contributed by atoms with E-state index in [1.807, 2.05) is 0 Å². The van der Waals surface area contributed by atoms with Crippen molar-refractivity contribution in [1.29, 1.82) is 0 Å². The summed E-state index contributed by atoms with van der Waals surface area (Å²) in [6.45, 7) is 6.78. The predicted octanol–water partition coefficient (Wildman–Crippen LogP) is 5.16. The van der Waals surface area contributed by atoms with Gasteiger partial charge in [0.2, 0.25) is 0 Å². The Labute approximate surface area is 169 Å². The number of halogens is 1. The Hall–Kier alpha value is -1.85. The van der Waals surface area contributed by atoms with E-state index in [0.29, 0.717) is 27.1 Å². The number of benzene rings is 1. The molecule has 0 saturated heterocycles. The van der Waals surface area contributed by atoms with Gasteiger partial charge in [0.1, 0.15) is 5.00 Å². The van der Waals surface area contributed by atoms with E-state index in [1.54, 1.807) is 31.3 Å². The van der Waals surface area contributed by atoms with E-state index in [1.165, 1.54) is 16.2 Å². The number of amides is 2. The van der Waals surface area contributed by atoms with Gasteiger partial charge in [-0.1, -0.05) is 44.5 Å². The molecule has 0 radical (unpaired) electrons. The highest BCUT2D eigenvalue weighted by atomic mass is 35.5. The maximum atomic E-state index is 12.7. The summed E-state index contributed by atoms with van der Waals surface area (Å²) in [4.78, 5) is 26.5. The van der Waals surface area contributed by atoms with Crippen molar-refractivity contribution in [3.8, 4) is 0 Å². The minimum Gasteiger partial charge on any atom is -0.355 e. The summed E-state index contributed by atoms with van der Waals surface area (Å²) >= 11 is 7.67. The van der Waals surface area contributed by atoms with E-state index in [4.69, 9.17) is 11.6 Å². The van der Waals surface area contributed by atoms with Crippen LogP contribution in [0, 0.1) is 11.3 Å². The van der Waals surface area contributed by atoms with Crippen LogP contribution in [-0.2, 0) is 12.8 Å². The number of hydrogen-bond acceptors (Lipinski definition) is 3. The molecule has 4 nitrogen and oxygen atoms in total. The molecule has 1 aliphatic rings. The number of thiophene rings is 1. The first-order valence-corrected chi connectivity index (χ1v) is 10.3. The predicted molar refractivity (Wildman–Crippen MR) is 112 cm³/mol. The largest absolute Gasteiger partial charge is 0.355 e. The molecule has 0 unspecified atom stereocenters. The maximum absolute atomic E-state index is 12.7. The van der Waals surface area contributed by atoms with E-state index in [-0.39, 0.29) is 17.2 Å². The van der Waals surface area contributed by atoms with Crippen LogP contribution in [0.3, 0.4) is 0 Å². The Morgan fingerprint density at radius 2 is 1.89 bits per heavy atom. The second kappa shape index (κ2) is 7.64. The van der Waals surface area contributed by atoms with Crippen LogP contribution in [0.2, 0.25) is 5.02 Å². The van der Waals surface area contributed by atoms with Crippen molar-refractivity contribution >= 4 is 39.8 Å². The first-order chi connectivity index (χ1) is 12.7. The van der Waals surface area contributed by atoms with E-state index < -0.39 is 0 Å². The third-order valence-corrected chi connectivity index (χ3v) is 6.79. The zero-order valence-electron chi connectivity index (χ0n) is 16.1. The van der Waals surface area contributed by atoms with Gasteiger partial charge in [-0.25, -0.2) is 0 Å². The number of anilines is 1. The van der Waals surface area contributed by atoms with Gasteiger partial charge < -0.3 is 10.6 Å². The fourth-order valence-electron chi connectivity index (χ4n) is 3.59. The van der Waals surface area contributed by atoms with E-state index in [0.717, 1.165) is 24.8 Å². The molecule has 0 bridgehead atoms. The van der Waals surface area contributed by atoms with Gasteiger partial charge >= 0.3 is 0 Å². The van der Waals surface area contributed by atoms with Crippen molar-refractivity contribution < 1.29 is 9.59 Å². The summed E-state index contributed by atoms with van der Waals surface area (Å²) in [5.74, 6) is 0.112. The molecule has 3 rings (SSSR count). The van der Waals surface area contributed by atoms with Crippen molar-refractivity contribution in [3.05, 3.63) is 50.9 Å². The third-order valence-electron chi connectivity index (χ3n) is 5.29. The minimum atomic E-state index is -0.295. The lowest BCUT2D eigenvalue weighted by molar-refractivity contribution is 0.0963. The Bertz CT molecular complexity index is 883. The zero-order chi connectivity index (χ0) is 19.8. The lowest BCUT2D eigenvalue weighted by atomic mass is 9.72. The van der Waals surface area contributed by atoms with Gasteiger partial charge in [-0.3, -0.25) is 9.59 Å². The highest BCUT2D eigenvalue weighted by Gasteiger charge is 2.34. The van der Waals surface area contributed by atoms with E-state index >= 15 is 0 Å². The summed E-state index contributed by atoms with van der Waals surface area (Å²) < 4.78 is 0. The minimum absolute atomic E-state index is 0.156. The fourth-order valence-corrected chi connectivity index (χ4v) is 5.14. The van der Waals surface area contributed by atoms with Crippen molar-refractivity contribution in [2.24, 2.45) is 11.3 Å². The lowest BCUT2D eigenvalue weighted by Gasteiger charge is -2.33. The molecule has 0 fully saturated rings. The molecule has 1 aromatic carbocycles. The second-order valence-electron chi connectivity index (χ2n) is 8.03. The summed E-state index contributed by atoms with van der Waals surface area (Å²) in [6.07, 6.45) is 2.85. The molecular formula is C21H25ClN2O2S. The molecule has 6 heteroatoms. The molecule has 27 heavy (non-hydrogen) atoms. The molecule has 1 aliphatic carbocycles. The van der Waals surface area contributed by atoms with Crippen LogP contribution in [0.4, 0.5) is 5.00 Å². The van der Waals surface area contributed by atoms with Crippen molar-refractivity contribution in [2.45, 2.75) is 40.0 Å². The highest BCUT2D eigenvalue weighted by Crippen LogP contribution is 2.44. The number of rotatable bonds is 3. The molecule has 2 N–H and O–H groups in total. The topological polar surface area (TPSA) is 58.2 Å². The van der Waals surface area contributed by atoms with Gasteiger partial charge in [0.05, 0.1) is 16.1 Å². The Morgan fingerprint density at radius 3 is 2.52 bits per heavy atom. The molecule has 0 saturated carbocycles. The van der Waals surface area contributed by atoms with Gasteiger partial charge in [0.25, 0.3) is 11.8 Å². The van der Waals surface area contributed by atoms with Crippen LogP contribution in [0.15, 0.2) is 24.3 Å². The summed E-state index contributed by atoms with van der Waals surface area (Å²) in [5.41, 5.74) is 2.30. The quantitative estimate of drug-likeness (QED) is 0.741. The Kier molecular flexibility index (Phi) is 5.63. The molecule has 1 aromatic heterocycles. The zero-order valence-corrected chi connectivity index (χ0v) is 17.7. The number of carbonyl (C=O) groups excluding carboxylic acids is 2. The maximum Gasteiger partial charge on any atom is 0.257 e. The Balaban J connectivity index is 1.96. The van der Waals surface area contributed by atoms with Crippen LogP contribution < -0.4 is 10.6 Å². The summed E-state index contributed by atoms with van der Waals surface area (Å²) in [5, 5.41) is 6.65. The van der Waals surface area contributed by atoms with Crippen LogP contribution >= 0.6 is 22.9 Å². The van der Waals surface area contributed by atoms with Gasteiger partial charge in [0, 0.05) is 11.9 Å². The monoisotopic (exact) mass is 404 g/mol. The first kappa shape index (κ1) is 19.9. The molecular weight excluding hydrogens is 380 g/mol. The number of fused-ring (bicyclic) bond motifs is 1. The average molecular weight is 405 g/mol. The second-order valence-corrected chi connectivity index (χ2v) is 9.54. The van der Waals surface area contributed by atoms with E-state index in [2.05, 4.69) is 31.4 Å². The van der Waals surface area contributed by atoms with E-state index in [9.17, 15) is 9.59 Å². The van der Waals surface area contributed by atoms with Gasteiger partial charge in [-0.2, -0.15) is 0 Å². The van der Waals surface area contributed by atoms with Crippen LogP contribution in [0.1, 0.15) is 58.3 Å². The van der Waals surface area contributed by atoms with Crippen LogP contribution in [0.5, 0.6) is 0 Å². The summed E-state index contributed by atoms with van der Waals surface area (Å²) in [7, 11) is 1.62. The molecule has 1 atom stereocenters. The third kappa shape index (κ3) is 4.04. The number of hydrogen-bond donors (Lipinski definition) is 2. The average Bonchev–Trinajstić information content (AvgIpc) is 2.97. The van der Waals surface area contributed by atoms with Crippen molar-refractivity contribution in [2.75, 3.05) is 12.4 Å². The fraction of sp³-hybridized carbons (Fsp3) is 0.429. The van der Waals surface area contributed by atoms with Crippen LogP contribution in [0.25, 0.3) is 0 Å². The Morgan fingerprint density at radius 1 is 1.19 bits per heavy atom. The molecule has 2 amide bonds. The molecule has 2 aromatic rings. The molecule has 144 valence electrons. The standard InChI is InChI=1S/C21H25ClN2O2S/c1-21(2,3)12-9-10-14-16(11-12)27-20(17(14)19(26)23-4)24-18(25)13-7-5-6-8-15(13)22/h5-8,12H,9-11H2,1-4H3,(H,23,26)(H,24,25)/t12-/m0/s1. The molecule has 1 heterocycles. The van der Waals surface area contributed by atoms with Gasteiger partial charge in [-0.15, -0.1) is 11.3 Å². The summed E-state index contributed by atoms with van der Waals surface area (Å²) in [6, 6.07) is 6.92. The molecule has 0 aliphatic heterocycles. The number of carbonyl (C=O) groups is 2. The van der Waals surface area contributed by atoms with Crippen molar-refractivity contribution in [3.63, 3.8) is 0 Å². The highest BCUT2D eigenvalue weighted by molar-refractivity contribution is 7.17. The SMILES string of the molecule is CNC(=O)c1c(NC(=O)c2ccccc2Cl)sc2c1CC[C@H](C(C)(C)C)C2.